The number of nitrogens with zero attached hydrogens (tertiary/aromatic N) is 1. The van der Waals surface area contributed by atoms with Gasteiger partial charge in [-0.1, -0.05) is 12.2 Å². The van der Waals surface area contributed by atoms with Gasteiger partial charge >= 0.3 is 0 Å². The third-order valence-corrected chi connectivity index (χ3v) is 2.36. The van der Waals surface area contributed by atoms with Crippen molar-refractivity contribution in [3.05, 3.63) is 12.2 Å². The van der Waals surface area contributed by atoms with Crippen molar-refractivity contribution in [1.29, 1.82) is 0 Å². The van der Waals surface area contributed by atoms with Gasteiger partial charge in [-0.2, -0.15) is 0 Å². The summed E-state index contributed by atoms with van der Waals surface area (Å²) in [5, 5.41) is 0. The summed E-state index contributed by atoms with van der Waals surface area (Å²) in [7, 11) is 4.29. The molecule has 0 aromatic carbocycles. The molecule has 0 fully saturated rings. The summed E-state index contributed by atoms with van der Waals surface area (Å²) < 4.78 is 0. The van der Waals surface area contributed by atoms with E-state index in [2.05, 4.69) is 38.1 Å². The maximum absolute atomic E-state index is 2.30. The van der Waals surface area contributed by atoms with Gasteiger partial charge in [0.1, 0.15) is 0 Å². The Kier molecular flexibility index (Phi) is 1.62. The van der Waals surface area contributed by atoms with Crippen LogP contribution in [0, 0.1) is 0 Å². The van der Waals surface area contributed by atoms with Gasteiger partial charge in [-0.05, 0) is 33.9 Å². The highest BCUT2D eigenvalue weighted by atomic mass is 15.1. The maximum atomic E-state index is 2.30. The predicted octanol–water partition coefficient (Wildman–Crippen LogP) is 1.66. The molecule has 0 N–H and O–H groups in total. The first kappa shape index (κ1) is 6.81. The molecule has 0 aromatic heterocycles. The number of hydrogen-bond acceptors (Lipinski definition) is 1. The Hall–Kier alpha value is -0.300. The Balaban J connectivity index is 2.55. The molecule has 0 heterocycles. The van der Waals surface area contributed by atoms with Gasteiger partial charge in [0.15, 0.2) is 0 Å². The van der Waals surface area contributed by atoms with E-state index in [0.29, 0.717) is 5.54 Å². The molecule has 0 aliphatic heterocycles. The predicted molar refractivity (Wildman–Crippen MR) is 40.5 cm³/mol. The topological polar surface area (TPSA) is 3.24 Å². The average Bonchev–Trinajstić information content (AvgIpc) is 2.16. The molecule has 1 nitrogen and oxygen atoms in total. The third-order valence-electron chi connectivity index (χ3n) is 2.36. The van der Waals surface area contributed by atoms with Crippen LogP contribution in [0.2, 0.25) is 0 Å². The first-order valence-corrected chi connectivity index (χ1v) is 3.47. The molecule has 0 bridgehead atoms. The van der Waals surface area contributed by atoms with Crippen molar-refractivity contribution in [1.82, 2.24) is 4.90 Å². The zero-order valence-corrected chi connectivity index (χ0v) is 6.52. The van der Waals surface area contributed by atoms with E-state index in [1.807, 2.05) is 0 Å². The summed E-state index contributed by atoms with van der Waals surface area (Å²) in [5.74, 6) is 0. The van der Waals surface area contributed by atoms with Crippen LogP contribution in [0.25, 0.3) is 0 Å². The van der Waals surface area contributed by atoms with E-state index in [9.17, 15) is 0 Å². The van der Waals surface area contributed by atoms with Crippen molar-refractivity contribution in [2.75, 3.05) is 14.1 Å². The molecule has 0 amide bonds. The van der Waals surface area contributed by atoms with E-state index in [1.54, 1.807) is 0 Å². The SMILES string of the molecule is CN(C)C1(C)CC=CC1. The first-order valence-electron chi connectivity index (χ1n) is 3.47. The molecule has 1 rings (SSSR count). The summed E-state index contributed by atoms with van der Waals surface area (Å²) >= 11 is 0. The maximum Gasteiger partial charge on any atom is 0.0244 e. The first-order chi connectivity index (χ1) is 4.15. The van der Waals surface area contributed by atoms with Crippen LogP contribution in [0.3, 0.4) is 0 Å². The normalized spacial score (nSPS) is 23.6. The number of hydrogen-bond donors (Lipinski definition) is 0. The van der Waals surface area contributed by atoms with E-state index >= 15 is 0 Å². The molecular formula is C8H15N. The molecule has 0 aromatic rings. The summed E-state index contributed by atoms with van der Waals surface area (Å²) in [6, 6.07) is 0. The summed E-state index contributed by atoms with van der Waals surface area (Å²) in [4.78, 5) is 2.30. The van der Waals surface area contributed by atoms with Crippen molar-refractivity contribution in [3.63, 3.8) is 0 Å². The van der Waals surface area contributed by atoms with Crippen molar-refractivity contribution in [2.24, 2.45) is 0 Å². The van der Waals surface area contributed by atoms with Gasteiger partial charge in [-0.3, -0.25) is 0 Å². The lowest BCUT2D eigenvalue weighted by atomic mass is 9.99. The summed E-state index contributed by atoms with van der Waals surface area (Å²) in [6.45, 7) is 2.30. The van der Waals surface area contributed by atoms with Gasteiger partial charge in [-0.25, -0.2) is 0 Å². The van der Waals surface area contributed by atoms with Crippen LogP contribution in [0.15, 0.2) is 12.2 Å². The second-order valence-electron chi connectivity index (χ2n) is 3.27. The van der Waals surface area contributed by atoms with Crippen LogP contribution in [0.4, 0.5) is 0 Å². The highest BCUT2D eigenvalue weighted by molar-refractivity contribution is 5.05. The van der Waals surface area contributed by atoms with Gasteiger partial charge in [0.25, 0.3) is 0 Å². The standard InChI is InChI=1S/C8H15N/c1-8(9(2)3)6-4-5-7-8/h4-5H,6-7H2,1-3H3. The largest absolute Gasteiger partial charge is 0.303 e. The minimum atomic E-state index is 0.417. The molecular weight excluding hydrogens is 110 g/mol. The lowest BCUT2D eigenvalue weighted by Gasteiger charge is -2.31. The monoisotopic (exact) mass is 125 g/mol. The fourth-order valence-corrected chi connectivity index (χ4v) is 1.12. The second kappa shape index (κ2) is 2.14. The van der Waals surface area contributed by atoms with Gasteiger partial charge in [-0.15, -0.1) is 0 Å². The van der Waals surface area contributed by atoms with Crippen molar-refractivity contribution in [2.45, 2.75) is 25.3 Å². The lowest BCUT2D eigenvalue weighted by molar-refractivity contribution is 0.188. The van der Waals surface area contributed by atoms with Crippen LogP contribution in [-0.2, 0) is 0 Å². The molecule has 0 unspecified atom stereocenters. The van der Waals surface area contributed by atoms with E-state index in [4.69, 9.17) is 0 Å². The van der Waals surface area contributed by atoms with Crippen LogP contribution in [0.5, 0.6) is 0 Å². The molecule has 0 spiro atoms. The van der Waals surface area contributed by atoms with E-state index in [0.717, 1.165) is 0 Å². The average molecular weight is 125 g/mol. The Morgan fingerprint density at radius 1 is 1.22 bits per heavy atom. The van der Waals surface area contributed by atoms with Gasteiger partial charge in [0, 0.05) is 5.54 Å². The fourth-order valence-electron chi connectivity index (χ4n) is 1.12. The van der Waals surface area contributed by atoms with E-state index < -0.39 is 0 Å². The molecule has 9 heavy (non-hydrogen) atoms. The summed E-state index contributed by atoms with van der Waals surface area (Å²) in [6.07, 6.45) is 6.94. The van der Waals surface area contributed by atoms with Crippen LogP contribution < -0.4 is 0 Å². The highest BCUT2D eigenvalue weighted by Crippen LogP contribution is 2.26. The minimum absolute atomic E-state index is 0.417. The molecule has 1 heteroatoms. The molecule has 52 valence electrons. The Labute approximate surface area is 57.4 Å². The lowest BCUT2D eigenvalue weighted by Crippen LogP contribution is -2.38. The zero-order chi connectivity index (χ0) is 6.91. The molecule has 0 atom stereocenters. The van der Waals surface area contributed by atoms with Gasteiger partial charge in [0.2, 0.25) is 0 Å². The molecule has 0 saturated heterocycles. The van der Waals surface area contributed by atoms with Crippen molar-refractivity contribution < 1.29 is 0 Å². The van der Waals surface area contributed by atoms with Gasteiger partial charge < -0.3 is 4.90 Å². The van der Waals surface area contributed by atoms with Crippen molar-refractivity contribution >= 4 is 0 Å². The Morgan fingerprint density at radius 2 is 1.67 bits per heavy atom. The fraction of sp³-hybridized carbons (Fsp3) is 0.750. The highest BCUT2D eigenvalue weighted by Gasteiger charge is 2.26. The van der Waals surface area contributed by atoms with E-state index in [1.165, 1.54) is 12.8 Å². The molecule has 1 aliphatic rings. The van der Waals surface area contributed by atoms with Crippen molar-refractivity contribution in [3.8, 4) is 0 Å². The Bertz CT molecular complexity index is 117. The summed E-state index contributed by atoms with van der Waals surface area (Å²) in [5.41, 5.74) is 0.417. The van der Waals surface area contributed by atoms with Crippen LogP contribution >= 0.6 is 0 Å². The minimum Gasteiger partial charge on any atom is -0.303 e. The zero-order valence-electron chi connectivity index (χ0n) is 6.52. The van der Waals surface area contributed by atoms with E-state index in [-0.39, 0.29) is 0 Å². The quantitative estimate of drug-likeness (QED) is 0.482. The van der Waals surface area contributed by atoms with Gasteiger partial charge in [0.05, 0.1) is 0 Å². The third kappa shape index (κ3) is 1.16. The van der Waals surface area contributed by atoms with Crippen LogP contribution in [0.1, 0.15) is 19.8 Å². The van der Waals surface area contributed by atoms with Crippen LogP contribution in [-0.4, -0.2) is 24.5 Å². The number of rotatable bonds is 1. The smallest absolute Gasteiger partial charge is 0.0244 e. The Morgan fingerprint density at radius 3 is 1.89 bits per heavy atom. The molecule has 0 saturated carbocycles. The molecule has 0 radical (unpaired) electrons. The second-order valence-corrected chi connectivity index (χ2v) is 3.27. The molecule has 1 aliphatic carbocycles.